The van der Waals surface area contributed by atoms with Gasteiger partial charge in [-0.05, 0) is 51.2 Å². The lowest BCUT2D eigenvalue weighted by Gasteiger charge is -2.31. The molecule has 0 bridgehead atoms. The van der Waals surface area contributed by atoms with E-state index in [1.807, 2.05) is 7.05 Å². The smallest absolute Gasteiger partial charge is 0.0692 e. The van der Waals surface area contributed by atoms with Crippen molar-refractivity contribution in [2.75, 3.05) is 33.2 Å². The second-order valence-corrected chi connectivity index (χ2v) is 14.7. The van der Waals surface area contributed by atoms with Crippen LogP contribution in [0.3, 0.4) is 0 Å². The molecule has 4 unspecified atom stereocenters. The molecule has 0 fully saturated rings. The maximum absolute atomic E-state index is 11.1. The zero-order chi connectivity index (χ0) is 32.5. The van der Waals surface area contributed by atoms with Crippen molar-refractivity contribution in [1.82, 2.24) is 10.2 Å². The molecule has 266 valence electrons. The Bertz CT molecular complexity index is 503. The Hall–Kier alpha value is -0.160. The maximum atomic E-state index is 11.1. The van der Waals surface area contributed by atoms with Gasteiger partial charge in [0.15, 0.2) is 0 Å². The van der Waals surface area contributed by atoms with Crippen LogP contribution in [0.1, 0.15) is 201 Å². The van der Waals surface area contributed by atoms with Crippen LogP contribution in [0.15, 0.2) is 0 Å². The molecule has 0 aromatic heterocycles. The predicted octanol–water partition coefficient (Wildman–Crippen LogP) is 11.1. The van der Waals surface area contributed by atoms with Gasteiger partial charge >= 0.3 is 0 Å². The third-order valence-electron chi connectivity index (χ3n) is 10.1. The predicted molar refractivity (Wildman–Crippen MR) is 197 cm³/mol. The number of hydrogen-bond acceptors (Lipinski definition) is 4. The van der Waals surface area contributed by atoms with Crippen LogP contribution in [-0.4, -0.2) is 60.5 Å². The molecular weight excluding hydrogens is 540 g/mol. The van der Waals surface area contributed by atoms with E-state index < -0.39 is 0 Å². The van der Waals surface area contributed by atoms with Crippen molar-refractivity contribution in [3.8, 4) is 0 Å². The van der Waals surface area contributed by atoms with Gasteiger partial charge < -0.3 is 15.5 Å². The first-order valence-electron chi connectivity index (χ1n) is 20.2. The Kier molecular flexibility index (Phi) is 34.1. The molecule has 0 aliphatic rings. The average Bonchev–Trinajstić information content (AvgIpc) is 3.01. The van der Waals surface area contributed by atoms with Gasteiger partial charge in [0, 0.05) is 13.1 Å². The quantitative estimate of drug-likeness (QED) is 0.0607. The van der Waals surface area contributed by atoms with Gasteiger partial charge in [-0.1, -0.05) is 182 Å². The average molecular weight is 625 g/mol. The molecule has 0 aromatic rings. The molecule has 0 heterocycles. The lowest BCUT2D eigenvalue weighted by atomic mass is 9.94. The summed E-state index contributed by atoms with van der Waals surface area (Å²) in [6.07, 6.45) is 35.7. The number of hydrogen-bond donors (Lipinski definition) is 3. The Balaban J connectivity index is 4.10. The lowest BCUT2D eigenvalue weighted by Crippen LogP contribution is -2.42. The molecule has 0 radical (unpaired) electrons. The summed E-state index contributed by atoms with van der Waals surface area (Å²) in [6.45, 7) is 12.3. The van der Waals surface area contributed by atoms with Gasteiger partial charge in [0.2, 0.25) is 0 Å². The second kappa shape index (κ2) is 34.2. The number of rotatable bonds is 36. The minimum absolute atomic E-state index is 0.309. The van der Waals surface area contributed by atoms with E-state index in [0.29, 0.717) is 24.9 Å². The Morgan fingerprint density at radius 1 is 0.455 bits per heavy atom. The molecule has 3 N–H and O–H groups in total. The van der Waals surface area contributed by atoms with Gasteiger partial charge in [0.05, 0.1) is 12.2 Å². The van der Waals surface area contributed by atoms with Crippen LogP contribution in [0.5, 0.6) is 0 Å². The van der Waals surface area contributed by atoms with E-state index in [9.17, 15) is 10.2 Å². The number of nitrogens with zero attached hydrogens (tertiary/aromatic N) is 1. The van der Waals surface area contributed by atoms with Crippen molar-refractivity contribution < 1.29 is 10.2 Å². The summed E-state index contributed by atoms with van der Waals surface area (Å²) < 4.78 is 0. The van der Waals surface area contributed by atoms with Crippen molar-refractivity contribution in [2.24, 2.45) is 11.8 Å². The molecule has 0 rings (SSSR count). The largest absolute Gasteiger partial charge is 0.392 e. The summed E-state index contributed by atoms with van der Waals surface area (Å²) in [5.41, 5.74) is 0. The van der Waals surface area contributed by atoms with Gasteiger partial charge in [0.1, 0.15) is 0 Å². The number of aliphatic hydroxyl groups is 2. The molecule has 0 saturated carbocycles. The minimum Gasteiger partial charge on any atom is -0.392 e. The van der Waals surface area contributed by atoms with Crippen LogP contribution in [0.2, 0.25) is 0 Å². The van der Waals surface area contributed by atoms with E-state index in [4.69, 9.17) is 0 Å². The van der Waals surface area contributed by atoms with Gasteiger partial charge in [0.25, 0.3) is 0 Å². The maximum Gasteiger partial charge on any atom is 0.0692 e. The van der Waals surface area contributed by atoms with E-state index in [2.05, 4.69) is 37.9 Å². The molecule has 0 spiro atoms. The summed E-state index contributed by atoms with van der Waals surface area (Å²) in [5, 5.41) is 25.4. The van der Waals surface area contributed by atoms with Crippen molar-refractivity contribution in [2.45, 2.75) is 213 Å². The zero-order valence-electron chi connectivity index (χ0n) is 31.1. The molecule has 0 aliphatic carbocycles. The van der Waals surface area contributed by atoms with Crippen LogP contribution in [0.25, 0.3) is 0 Å². The van der Waals surface area contributed by atoms with Gasteiger partial charge in [-0.2, -0.15) is 0 Å². The number of nitrogens with one attached hydrogen (secondary N) is 1. The first-order valence-corrected chi connectivity index (χ1v) is 20.2. The molecule has 44 heavy (non-hydrogen) atoms. The van der Waals surface area contributed by atoms with Crippen molar-refractivity contribution >= 4 is 0 Å². The summed E-state index contributed by atoms with van der Waals surface area (Å²) in [5.74, 6) is 0.640. The van der Waals surface area contributed by atoms with E-state index >= 15 is 0 Å². The van der Waals surface area contributed by atoms with Crippen molar-refractivity contribution in [3.63, 3.8) is 0 Å². The molecule has 4 nitrogen and oxygen atoms in total. The third-order valence-corrected chi connectivity index (χ3v) is 10.1. The van der Waals surface area contributed by atoms with Crippen LogP contribution in [-0.2, 0) is 0 Å². The van der Waals surface area contributed by atoms with E-state index in [-0.39, 0.29) is 12.2 Å². The monoisotopic (exact) mass is 625 g/mol. The first kappa shape index (κ1) is 43.8. The zero-order valence-corrected chi connectivity index (χ0v) is 31.1. The molecule has 4 atom stereocenters. The molecule has 0 aromatic carbocycles. The third kappa shape index (κ3) is 29.3. The van der Waals surface area contributed by atoms with Crippen LogP contribution < -0.4 is 5.32 Å². The first-order chi connectivity index (χ1) is 21.5. The highest BCUT2D eigenvalue weighted by Crippen LogP contribution is 2.20. The van der Waals surface area contributed by atoms with Crippen molar-refractivity contribution in [3.05, 3.63) is 0 Å². The summed E-state index contributed by atoms with van der Waals surface area (Å²) in [7, 11) is 2.00. The standard InChI is InChI=1S/C40H84N2O2/c1-6-8-10-12-14-16-18-20-22-24-26-28-31-37(3)39(43)35-42(34-30-33-41-5)36-40(44)38(4)32-29-27-25-23-21-19-17-15-13-11-9-7-2/h37-41,43-44H,6-36H2,1-5H3. The molecule has 0 saturated heterocycles. The summed E-state index contributed by atoms with van der Waals surface area (Å²) in [4.78, 5) is 2.34. The minimum atomic E-state index is -0.309. The molecule has 4 heteroatoms. The van der Waals surface area contributed by atoms with Crippen molar-refractivity contribution in [1.29, 1.82) is 0 Å². The number of aliphatic hydroxyl groups excluding tert-OH is 2. The fourth-order valence-electron chi connectivity index (χ4n) is 6.62. The fourth-order valence-corrected chi connectivity index (χ4v) is 6.62. The topological polar surface area (TPSA) is 55.7 Å². The summed E-state index contributed by atoms with van der Waals surface area (Å²) >= 11 is 0. The SMILES string of the molecule is CCCCCCCCCCCCCCC(C)C(O)CN(CCCNC)CC(O)C(C)CCCCCCCCCCCCCC. The van der Waals surface area contributed by atoms with Crippen LogP contribution >= 0.6 is 0 Å². The van der Waals surface area contributed by atoms with Gasteiger partial charge in [-0.25, -0.2) is 0 Å². The lowest BCUT2D eigenvalue weighted by molar-refractivity contribution is 0.0251. The number of unbranched alkanes of at least 4 members (excludes halogenated alkanes) is 22. The van der Waals surface area contributed by atoms with Crippen LogP contribution in [0.4, 0.5) is 0 Å². The van der Waals surface area contributed by atoms with Gasteiger partial charge in [-0.3, -0.25) is 4.90 Å². The van der Waals surface area contributed by atoms with Gasteiger partial charge in [-0.15, -0.1) is 0 Å². The Morgan fingerprint density at radius 2 is 0.750 bits per heavy atom. The highest BCUT2D eigenvalue weighted by atomic mass is 16.3. The molecule has 0 aliphatic heterocycles. The summed E-state index contributed by atoms with van der Waals surface area (Å²) in [6, 6.07) is 0. The molecular formula is C40H84N2O2. The van der Waals surface area contributed by atoms with E-state index in [1.54, 1.807) is 0 Å². The Labute approximate surface area is 278 Å². The second-order valence-electron chi connectivity index (χ2n) is 14.7. The fraction of sp³-hybridized carbons (Fsp3) is 1.00. The highest BCUT2D eigenvalue weighted by molar-refractivity contribution is 4.75. The Morgan fingerprint density at radius 3 is 1.05 bits per heavy atom. The normalized spacial score (nSPS) is 14.7. The van der Waals surface area contributed by atoms with E-state index in [0.717, 1.165) is 32.4 Å². The van der Waals surface area contributed by atoms with E-state index in [1.165, 1.54) is 154 Å². The molecule has 0 amide bonds. The highest BCUT2D eigenvalue weighted by Gasteiger charge is 2.22. The van der Waals surface area contributed by atoms with Crippen LogP contribution in [0, 0.1) is 11.8 Å².